The highest BCUT2D eigenvalue weighted by molar-refractivity contribution is 5.95. The van der Waals surface area contributed by atoms with Crippen LogP contribution in [0.5, 0.6) is 0 Å². The lowest BCUT2D eigenvalue weighted by Crippen LogP contribution is -2.39. The van der Waals surface area contributed by atoms with Crippen LogP contribution in [0, 0.1) is 0 Å². The lowest BCUT2D eigenvalue weighted by molar-refractivity contribution is -0.152. The van der Waals surface area contributed by atoms with Gasteiger partial charge < -0.3 is 14.4 Å². The van der Waals surface area contributed by atoms with Gasteiger partial charge in [0.05, 0.1) is 13.2 Å². The van der Waals surface area contributed by atoms with Crippen LogP contribution in [0.3, 0.4) is 0 Å². The predicted molar refractivity (Wildman–Crippen MR) is 85.3 cm³/mol. The van der Waals surface area contributed by atoms with Crippen LogP contribution in [0.15, 0.2) is 36.4 Å². The molecule has 0 N–H and O–H groups in total. The van der Waals surface area contributed by atoms with E-state index in [1.807, 2.05) is 30.3 Å². The molecule has 0 heterocycles. The number of amides is 1. The van der Waals surface area contributed by atoms with Crippen molar-refractivity contribution in [2.45, 2.75) is 13.8 Å². The van der Waals surface area contributed by atoms with Gasteiger partial charge in [0.2, 0.25) is 5.91 Å². The Hall–Kier alpha value is -2.63. The van der Waals surface area contributed by atoms with Crippen LogP contribution in [0.2, 0.25) is 0 Å². The first-order chi connectivity index (χ1) is 11.1. The van der Waals surface area contributed by atoms with Crippen LogP contribution in [0.4, 0.5) is 0 Å². The summed E-state index contributed by atoms with van der Waals surface area (Å²) in [5, 5.41) is 0. The average molecular weight is 319 g/mol. The van der Waals surface area contributed by atoms with Gasteiger partial charge in [-0.05, 0) is 25.5 Å². The number of hydrogen-bond acceptors (Lipinski definition) is 5. The molecule has 1 rings (SSSR count). The van der Waals surface area contributed by atoms with Crippen molar-refractivity contribution >= 4 is 23.9 Å². The van der Waals surface area contributed by atoms with Crippen molar-refractivity contribution in [1.29, 1.82) is 0 Å². The molecule has 0 aromatic heterocycles. The predicted octanol–water partition coefficient (Wildman–Crippen LogP) is 1.65. The average Bonchev–Trinajstić information content (AvgIpc) is 2.53. The molecule has 1 amide bonds. The molecule has 0 unspecified atom stereocenters. The number of ether oxygens (including phenoxy) is 2. The van der Waals surface area contributed by atoms with Crippen molar-refractivity contribution in [3.05, 3.63) is 42.0 Å². The molecule has 0 saturated heterocycles. The van der Waals surface area contributed by atoms with Crippen LogP contribution in [-0.4, -0.2) is 49.0 Å². The largest absolute Gasteiger partial charge is 0.465 e. The van der Waals surface area contributed by atoms with E-state index < -0.39 is 17.8 Å². The van der Waals surface area contributed by atoms with Crippen LogP contribution < -0.4 is 0 Å². The van der Waals surface area contributed by atoms with Gasteiger partial charge in [-0.3, -0.25) is 14.4 Å². The zero-order valence-corrected chi connectivity index (χ0v) is 13.4. The highest BCUT2D eigenvalue weighted by Crippen LogP contribution is 2.03. The Bertz CT molecular complexity index is 533. The van der Waals surface area contributed by atoms with Gasteiger partial charge in [0, 0.05) is 6.08 Å². The normalized spacial score (nSPS) is 10.3. The third-order valence-corrected chi connectivity index (χ3v) is 2.78. The van der Waals surface area contributed by atoms with E-state index in [9.17, 15) is 14.4 Å². The lowest BCUT2D eigenvalue weighted by Gasteiger charge is -2.19. The summed E-state index contributed by atoms with van der Waals surface area (Å²) >= 11 is 0. The molecule has 23 heavy (non-hydrogen) atoms. The van der Waals surface area contributed by atoms with E-state index in [2.05, 4.69) is 0 Å². The highest BCUT2D eigenvalue weighted by Gasteiger charge is 2.19. The molecule has 6 heteroatoms. The first-order valence-electron chi connectivity index (χ1n) is 7.40. The number of hydrogen-bond donors (Lipinski definition) is 0. The van der Waals surface area contributed by atoms with E-state index >= 15 is 0 Å². The molecule has 0 spiro atoms. The SMILES string of the molecule is CCOC(=O)CN(CC(=O)OCC)C(=O)C=Cc1ccccc1. The third kappa shape index (κ3) is 7.26. The Labute approximate surface area is 135 Å². The second-order valence-corrected chi connectivity index (χ2v) is 4.55. The fraction of sp³-hybridized carbons (Fsp3) is 0.353. The van der Waals surface area contributed by atoms with Gasteiger partial charge in [-0.2, -0.15) is 0 Å². The Morgan fingerprint density at radius 1 is 0.957 bits per heavy atom. The first-order valence-corrected chi connectivity index (χ1v) is 7.40. The molecule has 6 nitrogen and oxygen atoms in total. The maximum Gasteiger partial charge on any atom is 0.325 e. The maximum atomic E-state index is 12.2. The van der Waals surface area contributed by atoms with E-state index in [0.717, 1.165) is 10.5 Å². The minimum Gasteiger partial charge on any atom is -0.465 e. The van der Waals surface area contributed by atoms with Crippen molar-refractivity contribution in [1.82, 2.24) is 4.90 Å². The second-order valence-electron chi connectivity index (χ2n) is 4.55. The van der Waals surface area contributed by atoms with Gasteiger partial charge in [-0.1, -0.05) is 30.3 Å². The molecule has 0 saturated carbocycles. The van der Waals surface area contributed by atoms with E-state index in [1.54, 1.807) is 19.9 Å². The fourth-order valence-electron chi connectivity index (χ4n) is 1.77. The molecule has 0 aliphatic heterocycles. The lowest BCUT2D eigenvalue weighted by atomic mass is 10.2. The summed E-state index contributed by atoms with van der Waals surface area (Å²) in [6.45, 7) is 3.16. The van der Waals surface area contributed by atoms with Crippen LogP contribution in [-0.2, 0) is 23.9 Å². The molecule has 0 radical (unpaired) electrons. The number of carbonyl (C=O) groups excluding carboxylic acids is 3. The van der Waals surface area contributed by atoms with Gasteiger partial charge in [0.15, 0.2) is 0 Å². The first kappa shape index (κ1) is 18.4. The molecule has 0 aliphatic carbocycles. The molecule has 1 aromatic carbocycles. The summed E-state index contributed by atoms with van der Waals surface area (Å²) < 4.78 is 9.64. The van der Waals surface area contributed by atoms with Crippen molar-refractivity contribution < 1.29 is 23.9 Å². The summed E-state index contributed by atoms with van der Waals surface area (Å²) in [7, 11) is 0. The van der Waals surface area contributed by atoms with Crippen molar-refractivity contribution in [3.63, 3.8) is 0 Å². The summed E-state index contributed by atoms with van der Waals surface area (Å²) in [5.74, 6) is -1.61. The summed E-state index contributed by atoms with van der Waals surface area (Å²) in [4.78, 5) is 36.5. The van der Waals surface area contributed by atoms with Gasteiger partial charge in [0.25, 0.3) is 0 Å². The number of nitrogens with zero attached hydrogens (tertiary/aromatic N) is 1. The van der Waals surface area contributed by atoms with Crippen molar-refractivity contribution in [2.75, 3.05) is 26.3 Å². The maximum absolute atomic E-state index is 12.2. The molecule has 0 atom stereocenters. The van der Waals surface area contributed by atoms with Crippen molar-refractivity contribution in [3.8, 4) is 0 Å². The summed E-state index contributed by atoms with van der Waals surface area (Å²) in [6.07, 6.45) is 2.93. The Morgan fingerprint density at radius 3 is 1.96 bits per heavy atom. The topological polar surface area (TPSA) is 72.9 Å². The highest BCUT2D eigenvalue weighted by atomic mass is 16.5. The van der Waals surface area contributed by atoms with Gasteiger partial charge in [-0.15, -0.1) is 0 Å². The molecular weight excluding hydrogens is 298 g/mol. The summed E-state index contributed by atoms with van der Waals surface area (Å²) in [5.41, 5.74) is 0.841. The number of benzene rings is 1. The zero-order valence-electron chi connectivity index (χ0n) is 13.4. The van der Waals surface area contributed by atoms with Crippen LogP contribution in [0.1, 0.15) is 19.4 Å². The molecule has 124 valence electrons. The smallest absolute Gasteiger partial charge is 0.325 e. The Kier molecular flexibility index (Phi) is 8.13. The van der Waals surface area contributed by atoms with E-state index in [-0.39, 0.29) is 26.3 Å². The van der Waals surface area contributed by atoms with Gasteiger partial charge in [0.1, 0.15) is 13.1 Å². The summed E-state index contributed by atoms with van der Waals surface area (Å²) in [6, 6.07) is 9.24. The number of rotatable bonds is 8. The van der Waals surface area contributed by atoms with E-state index in [4.69, 9.17) is 9.47 Å². The zero-order chi connectivity index (χ0) is 17.1. The number of esters is 2. The van der Waals surface area contributed by atoms with Gasteiger partial charge in [-0.25, -0.2) is 0 Å². The fourth-order valence-corrected chi connectivity index (χ4v) is 1.77. The Balaban J connectivity index is 2.76. The van der Waals surface area contributed by atoms with Crippen LogP contribution in [0.25, 0.3) is 6.08 Å². The van der Waals surface area contributed by atoms with E-state index in [1.165, 1.54) is 6.08 Å². The molecule has 0 fully saturated rings. The second kappa shape index (κ2) is 10.2. The Morgan fingerprint density at radius 2 is 1.48 bits per heavy atom. The minimum absolute atomic E-state index is 0.208. The standard InChI is InChI=1S/C17H21NO5/c1-3-22-16(20)12-18(13-17(21)23-4-2)15(19)11-10-14-8-6-5-7-9-14/h5-11H,3-4,12-13H2,1-2H3. The molecular formula is C17H21NO5. The van der Waals surface area contributed by atoms with Crippen LogP contribution >= 0.6 is 0 Å². The molecule has 0 bridgehead atoms. The molecule has 1 aromatic rings. The monoisotopic (exact) mass is 319 g/mol. The van der Waals surface area contributed by atoms with Gasteiger partial charge >= 0.3 is 11.9 Å². The number of carbonyl (C=O) groups is 3. The third-order valence-electron chi connectivity index (χ3n) is 2.78. The molecule has 0 aliphatic rings. The van der Waals surface area contributed by atoms with E-state index in [0.29, 0.717) is 0 Å². The quantitative estimate of drug-likeness (QED) is 0.538. The minimum atomic E-state index is -0.571. The van der Waals surface area contributed by atoms with Crippen molar-refractivity contribution in [2.24, 2.45) is 0 Å².